The Kier molecular flexibility index (Phi) is 3.05. The molecule has 5 heteroatoms. The van der Waals surface area contributed by atoms with E-state index >= 15 is 0 Å². The van der Waals surface area contributed by atoms with Crippen LogP contribution in [0.5, 0.6) is 0 Å². The van der Waals surface area contributed by atoms with Crippen LogP contribution in [0.1, 0.15) is 32.2 Å². The van der Waals surface area contributed by atoms with Gasteiger partial charge in [0.05, 0.1) is 4.88 Å². The largest absolute Gasteiger partial charge is 0.477 e. The lowest BCUT2D eigenvalue weighted by Gasteiger charge is -2.10. The molecule has 16 heavy (non-hydrogen) atoms. The van der Waals surface area contributed by atoms with Gasteiger partial charge in [-0.05, 0) is 25.0 Å². The SMILES string of the molecule is O=C(O)c1ccc(C(=O)NC2CC=CC2)s1. The maximum atomic E-state index is 11.7. The van der Waals surface area contributed by atoms with Gasteiger partial charge in [-0.2, -0.15) is 0 Å². The smallest absolute Gasteiger partial charge is 0.345 e. The molecule has 0 radical (unpaired) electrons. The number of hydrogen-bond donors (Lipinski definition) is 2. The van der Waals surface area contributed by atoms with E-state index in [1.807, 2.05) is 12.2 Å². The highest BCUT2D eigenvalue weighted by Gasteiger charge is 2.17. The molecule has 1 heterocycles. The average molecular weight is 237 g/mol. The van der Waals surface area contributed by atoms with Crippen LogP contribution in [0.15, 0.2) is 24.3 Å². The topological polar surface area (TPSA) is 66.4 Å². The third kappa shape index (κ3) is 2.30. The van der Waals surface area contributed by atoms with Gasteiger partial charge >= 0.3 is 5.97 Å². The van der Waals surface area contributed by atoms with Gasteiger partial charge in [-0.3, -0.25) is 4.79 Å². The Labute approximate surface area is 96.6 Å². The first-order valence-corrected chi connectivity index (χ1v) is 5.77. The van der Waals surface area contributed by atoms with Crippen molar-refractivity contribution in [2.45, 2.75) is 18.9 Å². The van der Waals surface area contributed by atoms with Crippen LogP contribution in [-0.4, -0.2) is 23.0 Å². The molecule has 1 aromatic heterocycles. The summed E-state index contributed by atoms with van der Waals surface area (Å²) in [5.74, 6) is -1.18. The van der Waals surface area contributed by atoms with E-state index in [1.54, 1.807) is 6.07 Å². The molecule has 0 unspecified atom stereocenters. The molecule has 1 aliphatic carbocycles. The van der Waals surface area contributed by atoms with E-state index in [9.17, 15) is 9.59 Å². The van der Waals surface area contributed by atoms with Crippen LogP contribution in [0.3, 0.4) is 0 Å². The number of carboxylic acid groups (broad SMARTS) is 1. The highest BCUT2D eigenvalue weighted by molar-refractivity contribution is 7.15. The maximum Gasteiger partial charge on any atom is 0.345 e. The number of nitrogens with one attached hydrogen (secondary N) is 1. The molecule has 0 fully saturated rings. The highest BCUT2D eigenvalue weighted by atomic mass is 32.1. The van der Waals surface area contributed by atoms with E-state index in [2.05, 4.69) is 5.32 Å². The zero-order valence-electron chi connectivity index (χ0n) is 8.47. The van der Waals surface area contributed by atoms with Gasteiger partial charge in [-0.1, -0.05) is 12.2 Å². The maximum absolute atomic E-state index is 11.7. The van der Waals surface area contributed by atoms with Crippen molar-refractivity contribution in [3.05, 3.63) is 34.0 Å². The molecule has 0 bridgehead atoms. The van der Waals surface area contributed by atoms with Crippen molar-refractivity contribution in [2.24, 2.45) is 0 Å². The minimum absolute atomic E-state index is 0.155. The number of hydrogen-bond acceptors (Lipinski definition) is 3. The molecule has 0 saturated heterocycles. The molecule has 0 aromatic carbocycles. The van der Waals surface area contributed by atoms with Gasteiger partial charge in [-0.25, -0.2) is 4.79 Å². The zero-order valence-corrected chi connectivity index (χ0v) is 9.29. The fourth-order valence-corrected chi connectivity index (χ4v) is 2.31. The van der Waals surface area contributed by atoms with Crippen molar-refractivity contribution < 1.29 is 14.7 Å². The predicted molar refractivity (Wildman–Crippen MR) is 60.9 cm³/mol. The Morgan fingerprint density at radius 2 is 1.88 bits per heavy atom. The normalized spacial score (nSPS) is 15.2. The third-order valence-electron chi connectivity index (χ3n) is 2.38. The van der Waals surface area contributed by atoms with E-state index in [0.717, 1.165) is 24.2 Å². The van der Waals surface area contributed by atoms with Crippen molar-refractivity contribution in [1.29, 1.82) is 0 Å². The third-order valence-corrected chi connectivity index (χ3v) is 3.46. The van der Waals surface area contributed by atoms with Gasteiger partial charge in [0.1, 0.15) is 4.88 Å². The van der Waals surface area contributed by atoms with Crippen LogP contribution < -0.4 is 5.32 Å². The van der Waals surface area contributed by atoms with Gasteiger partial charge in [0, 0.05) is 6.04 Å². The Balaban J connectivity index is 2.00. The Hall–Kier alpha value is -1.62. The first-order chi connectivity index (χ1) is 7.66. The van der Waals surface area contributed by atoms with E-state index in [-0.39, 0.29) is 16.8 Å². The molecule has 2 rings (SSSR count). The van der Waals surface area contributed by atoms with E-state index in [0.29, 0.717) is 4.88 Å². The lowest BCUT2D eigenvalue weighted by molar-refractivity contribution is 0.0702. The number of carbonyl (C=O) groups excluding carboxylic acids is 1. The number of thiophene rings is 1. The van der Waals surface area contributed by atoms with Crippen molar-refractivity contribution in [1.82, 2.24) is 5.32 Å². The van der Waals surface area contributed by atoms with Gasteiger partial charge in [0.2, 0.25) is 0 Å². The average Bonchev–Trinajstić information content (AvgIpc) is 2.86. The molecular formula is C11H11NO3S. The van der Waals surface area contributed by atoms with Crippen LogP contribution in [0.25, 0.3) is 0 Å². The molecular weight excluding hydrogens is 226 g/mol. The second kappa shape index (κ2) is 4.49. The number of carboxylic acids is 1. The summed E-state index contributed by atoms with van der Waals surface area (Å²) in [5.41, 5.74) is 0. The molecule has 1 aliphatic rings. The van der Waals surface area contributed by atoms with E-state index < -0.39 is 5.97 Å². The number of aromatic carboxylic acids is 1. The minimum atomic E-state index is -0.994. The Bertz CT molecular complexity index is 442. The zero-order chi connectivity index (χ0) is 11.5. The molecule has 84 valence electrons. The van der Waals surface area contributed by atoms with Crippen LogP contribution in [0.2, 0.25) is 0 Å². The summed E-state index contributed by atoms with van der Waals surface area (Å²) in [6.07, 6.45) is 5.76. The molecule has 4 nitrogen and oxygen atoms in total. The predicted octanol–water partition coefficient (Wildman–Crippen LogP) is 1.89. The van der Waals surface area contributed by atoms with Gasteiger partial charge in [0.25, 0.3) is 5.91 Å². The van der Waals surface area contributed by atoms with Crippen LogP contribution in [0, 0.1) is 0 Å². The fraction of sp³-hybridized carbons (Fsp3) is 0.273. The van der Waals surface area contributed by atoms with Crippen molar-refractivity contribution in [2.75, 3.05) is 0 Å². The summed E-state index contributed by atoms with van der Waals surface area (Å²) in [5, 5.41) is 11.6. The van der Waals surface area contributed by atoms with Crippen molar-refractivity contribution >= 4 is 23.2 Å². The molecule has 2 N–H and O–H groups in total. The fourth-order valence-electron chi connectivity index (χ4n) is 1.57. The Morgan fingerprint density at radius 3 is 2.44 bits per heavy atom. The summed E-state index contributed by atoms with van der Waals surface area (Å²) in [4.78, 5) is 23.0. The summed E-state index contributed by atoms with van der Waals surface area (Å²) in [7, 11) is 0. The lowest BCUT2D eigenvalue weighted by Crippen LogP contribution is -2.32. The molecule has 0 spiro atoms. The van der Waals surface area contributed by atoms with Crippen LogP contribution >= 0.6 is 11.3 Å². The summed E-state index contributed by atoms with van der Waals surface area (Å²) in [6, 6.07) is 3.16. The number of carbonyl (C=O) groups is 2. The van der Waals surface area contributed by atoms with Gasteiger partial charge in [0.15, 0.2) is 0 Å². The summed E-state index contributed by atoms with van der Waals surface area (Å²) < 4.78 is 0. The number of rotatable bonds is 3. The van der Waals surface area contributed by atoms with Crippen LogP contribution in [0.4, 0.5) is 0 Å². The quantitative estimate of drug-likeness (QED) is 0.789. The molecule has 0 saturated carbocycles. The number of amides is 1. The van der Waals surface area contributed by atoms with Crippen molar-refractivity contribution in [3.63, 3.8) is 0 Å². The second-order valence-corrected chi connectivity index (χ2v) is 4.67. The summed E-state index contributed by atoms with van der Waals surface area (Å²) >= 11 is 1.00. The van der Waals surface area contributed by atoms with E-state index in [1.165, 1.54) is 6.07 Å². The van der Waals surface area contributed by atoms with E-state index in [4.69, 9.17) is 5.11 Å². The van der Waals surface area contributed by atoms with Gasteiger partial charge in [-0.15, -0.1) is 11.3 Å². The standard InChI is InChI=1S/C11H11NO3S/c13-10(12-7-3-1-2-4-7)8-5-6-9(16-8)11(14)15/h1-2,5-7H,3-4H2,(H,12,13)(H,14,15). The lowest BCUT2D eigenvalue weighted by atomic mass is 10.2. The highest BCUT2D eigenvalue weighted by Crippen LogP contribution is 2.17. The van der Waals surface area contributed by atoms with Crippen molar-refractivity contribution in [3.8, 4) is 0 Å². The Morgan fingerprint density at radius 1 is 1.25 bits per heavy atom. The summed E-state index contributed by atoms with van der Waals surface area (Å²) in [6.45, 7) is 0. The molecule has 1 amide bonds. The minimum Gasteiger partial charge on any atom is -0.477 e. The molecule has 1 aromatic rings. The molecule has 0 aliphatic heterocycles. The molecule has 0 atom stereocenters. The van der Waals surface area contributed by atoms with Gasteiger partial charge < -0.3 is 10.4 Å². The monoisotopic (exact) mass is 237 g/mol. The first-order valence-electron chi connectivity index (χ1n) is 4.96. The van der Waals surface area contributed by atoms with Crippen LogP contribution in [-0.2, 0) is 0 Å². The second-order valence-electron chi connectivity index (χ2n) is 3.58. The first kappa shape index (κ1) is 10.9.